The number of amides is 1. The van der Waals surface area contributed by atoms with Crippen LogP contribution in [0.3, 0.4) is 0 Å². The van der Waals surface area contributed by atoms with E-state index in [2.05, 4.69) is 5.32 Å². The van der Waals surface area contributed by atoms with Gasteiger partial charge in [0.2, 0.25) is 0 Å². The van der Waals surface area contributed by atoms with Gasteiger partial charge in [-0.25, -0.2) is 4.79 Å². The highest BCUT2D eigenvalue weighted by molar-refractivity contribution is 6.31. The van der Waals surface area contributed by atoms with E-state index in [0.717, 1.165) is 16.7 Å². The fraction of sp³-hybridized carbons (Fsp3) is 0.364. The largest absolute Gasteiger partial charge is 0.482 e. The molecule has 6 heteroatoms. The van der Waals surface area contributed by atoms with Crippen molar-refractivity contribution in [2.45, 2.75) is 39.7 Å². The minimum absolute atomic E-state index is 0.172. The van der Waals surface area contributed by atoms with Crippen molar-refractivity contribution in [2.75, 3.05) is 13.2 Å². The van der Waals surface area contributed by atoms with Crippen molar-refractivity contribution in [2.24, 2.45) is 0 Å². The molecule has 2 rings (SSSR count). The van der Waals surface area contributed by atoms with E-state index >= 15 is 0 Å². The maximum Gasteiger partial charge on any atom is 0.344 e. The van der Waals surface area contributed by atoms with Crippen LogP contribution in [0.25, 0.3) is 0 Å². The third-order valence-electron chi connectivity index (χ3n) is 4.30. The molecule has 1 N–H and O–H groups in total. The summed E-state index contributed by atoms with van der Waals surface area (Å²) in [6, 6.07) is 13.0. The number of benzene rings is 2. The molecule has 2 aromatic carbocycles. The van der Waals surface area contributed by atoms with Gasteiger partial charge in [-0.3, -0.25) is 4.79 Å². The molecule has 28 heavy (non-hydrogen) atoms. The van der Waals surface area contributed by atoms with Crippen molar-refractivity contribution in [3.8, 4) is 5.75 Å². The Kier molecular flexibility index (Phi) is 7.88. The van der Waals surface area contributed by atoms with Crippen LogP contribution in [-0.2, 0) is 14.3 Å². The summed E-state index contributed by atoms with van der Waals surface area (Å²) >= 11 is 6.17. The van der Waals surface area contributed by atoms with Crippen molar-refractivity contribution in [1.29, 1.82) is 0 Å². The van der Waals surface area contributed by atoms with Gasteiger partial charge >= 0.3 is 5.97 Å². The van der Waals surface area contributed by atoms with Gasteiger partial charge < -0.3 is 14.8 Å². The van der Waals surface area contributed by atoms with Gasteiger partial charge in [0.05, 0.1) is 6.04 Å². The van der Waals surface area contributed by atoms with Crippen molar-refractivity contribution >= 4 is 23.5 Å². The van der Waals surface area contributed by atoms with Gasteiger partial charge in [-0.05, 0) is 48.6 Å². The summed E-state index contributed by atoms with van der Waals surface area (Å²) in [5.74, 6) is -0.190. The summed E-state index contributed by atoms with van der Waals surface area (Å²) < 4.78 is 10.6. The van der Waals surface area contributed by atoms with Crippen LogP contribution in [0.2, 0.25) is 5.02 Å². The number of rotatable bonds is 8. The van der Waals surface area contributed by atoms with E-state index < -0.39 is 5.97 Å². The van der Waals surface area contributed by atoms with E-state index in [1.807, 2.05) is 64.1 Å². The lowest BCUT2D eigenvalue weighted by Gasteiger charge is -2.16. The number of nitrogens with one attached hydrogen (secondary N) is 1. The highest BCUT2D eigenvalue weighted by atomic mass is 35.5. The summed E-state index contributed by atoms with van der Waals surface area (Å²) in [6.07, 6.45) is 0. The molecule has 0 fully saturated rings. The summed E-state index contributed by atoms with van der Waals surface area (Å²) in [5.41, 5.74) is 2.76. The van der Waals surface area contributed by atoms with E-state index in [-0.39, 0.29) is 31.1 Å². The first-order valence-electron chi connectivity index (χ1n) is 9.20. The van der Waals surface area contributed by atoms with Crippen LogP contribution < -0.4 is 10.1 Å². The molecule has 0 aliphatic carbocycles. The molecule has 1 atom stereocenters. The SMILES string of the molecule is Cc1cc(OCC(=O)OCC(=O)N[C@H](C)c2ccccc2)c(C(C)C)cc1Cl. The van der Waals surface area contributed by atoms with Crippen LogP contribution in [0.5, 0.6) is 5.75 Å². The fourth-order valence-electron chi connectivity index (χ4n) is 2.68. The van der Waals surface area contributed by atoms with E-state index in [4.69, 9.17) is 21.1 Å². The molecule has 1 amide bonds. The standard InChI is InChI=1S/C22H26ClNO4/c1-14(2)18-11-19(23)15(3)10-20(18)27-13-22(26)28-12-21(25)24-16(4)17-8-6-5-7-9-17/h5-11,14,16H,12-13H2,1-4H3,(H,24,25)/t16-/m1/s1. The van der Waals surface area contributed by atoms with E-state index in [0.29, 0.717) is 10.8 Å². The zero-order valence-corrected chi connectivity index (χ0v) is 17.4. The lowest BCUT2D eigenvalue weighted by Crippen LogP contribution is -2.32. The van der Waals surface area contributed by atoms with Crippen LogP contribution in [0.4, 0.5) is 0 Å². The number of carbonyl (C=O) groups excluding carboxylic acids is 2. The minimum Gasteiger partial charge on any atom is -0.482 e. The van der Waals surface area contributed by atoms with Crippen molar-refractivity contribution in [3.05, 3.63) is 64.2 Å². The molecule has 0 aliphatic rings. The van der Waals surface area contributed by atoms with Crippen molar-refractivity contribution in [3.63, 3.8) is 0 Å². The molecule has 0 heterocycles. The molecule has 0 saturated carbocycles. The molecule has 2 aromatic rings. The smallest absolute Gasteiger partial charge is 0.344 e. The average molecular weight is 404 g/mol. The first-order valence-corrected chi connectivity index (χ1v) is 9.58. The fourth-order valence-corrected chi connectivity index (χ4v) is 2.85. The molecule has 0 spiro atoms. The quantitative estimate of drug-likeness (QED) is 0.655. The molecular weight excluding hydrogens is 378 g/mol. The predicted octanol–water partition coefficient (Wildman–Crippen LogP) is 4.57. The molecular formula is C22H26ClNO4. The van der Waals surface area contributed by atoms with Gasteiger partial charge in [-0.2, -0.15) is 0 Å². The molecule has 150 valence electrons. The van der Waals surface area contributed by atoms with Crippen molar-refractivity contribution in [1.82, 2.24) is 5.32 Å². The van der Waals surface area contributed by atoms with Crippen LogP contribution in [0.15, 0.2) is 42.5 Å². The summed E-state index contributed by atoms with van der Waals surface area (Å²) in [6.45, 7) is 7.15. The van der Waals surface area contributed by atoms with Crippen molar-refractivity contribution < 1.29 is 19.1 Å². The molecule has 5 nitrogen and oxygen atoms in total. The monoisotopic (exact) mass is 403 g/mol. The molecule has 0 unspecified atom stereocenters. The number of esters is 1. The lowest BCUT2D eigenvalue weighted by atomic mass is 10.0. The number of ether oxygens (including phenoxy) is 2. The first kappa shape index (κ1) is 21.8. The van der Waals surface area contributed by atoms with Gasteiger partial charge in [0.25, 0.3) is 5.91 Å². The van der Waals surface area contributed by atoms with Crippen LogP contribution in [0, 0.1) is 6.92 Å². The highest BCUT2D eigenvalue weighted by Gasteiger charge is 2.15. The zero-order chi connectivity index (χ0) is 20.7. The summed E-state index contributed by atoms with van der Waals surface area (Å²) in [4.78, 5) is 23.9. The number of hydrogen-bond donors (Lipinski definition) is 1. The third kappa shape index (κ3) is 6.27. The Morgan fingerprint density at radius 2 is 1.75 bits per heavy atom. The Hall–Kier alpha value is -2.53. The highest BCUT2D eigenvalue weighted by Crippen LogP contribution is 2.32. The maximum absolute atomic E-state index is 12.0. The first-order chi connectivity index (χ1) is 13.3. The topological polar surface area (TPSA) is 64.6 Å². The molecule has 0 saturated heterocycles. The van der Waals surface area contributed by atoms with Gasteiger partial charge in [0.15, 0.2) is 13.2 Å². The number of halogens is 1. The predicted molar refractivity (Wildman–Crippen MR) is 110 cm³/mol. The number of aryl methyl sites for hydroxylation is 1. The van der Waals surface area contributed by atoms with Gasteiger partial charge in [0.1, 0.15) is 5.75 Å². The van der Waals surface area contributed by atoms with Gasteiger partial charge in [0, 0.05) is 5.02 Å². The Bertz CT molecular complexity index is 821. The van der Waals surface area contributed by atoms with E-state index in [9.17, 15) is 9.59 Å². The second-order valence-corrected chi connectivity index (χ2v) is 7.35. The Morgan fingerprint density at radius 1 is 1.07 bits per heavy atom. The molecule has 0 aromatic heterocycles. The molecule has 0 radical (unpaired) electrons. The second-order valence-electron chi connectivity index (χ2n) is 6.94. The van der Waals surface area contributed by atoms with Gasteiger partial charge in [-0.15, -0.1) is 0 Å². The zero-order valence-electron chi connectivity index (χ0n) is 16.6. The summed E-state index contributed by atoms with van der Waals surface area (Å²) in [5, 5.41) is 3.45. The van der Waals surface area contributed by atoms with Gasteiger partial charge in [-0.1, -0.05) is 55.8 Å². The van der Waals surface area contributed by atoms with E-state index in [1.54, 1.807) is 6.07 Å². The van der Waals surface area contributed by atoms with Crippen LogP contribution >= 0.6 is 11.6 Å². The van der Waals surface area contributed by atoms with Crippen LogP contribution in [0.1, 0.15) is 49.4 Å². The number of carbonyl (C=O) groups is 2. The Labute approximate surface area is 171 Å². The maximum atomic E-state index is 12.0. The average Bonchev–Trinajstić information content (AvgIpc) is 2.67. The Morgan fingerprint density at radius 3 is 2.39 bits per heavy atom. The van der Waals surface area contributed by atoms with E-state index in [1.165, 1.54) is 0 Å². The lowest BCUT2D eigenvalue weighted by molar-refractivity contribution is -0.150. The summed E-state index contributed by atoms with van der Waals surface area (Å²) in [7, 11) is 0. The minimum atomic E-state index is -0.607. The molecule has 0 aliphatic heterocycles. The van der Waals surface area contributed by atoms with Crippen LogP contribution in [-0.4, -0.2) is 25.1 Å². The number of hydrogen-bond acceptors (Lipinski definition) is 4. The third-order valence-corrected chi connectivity index (χ3v) is 4.71. The normalized spacial score (nSPS) is 11.8. The molecule has 0 bridgehead atoms. The Balaban J connectivity index is 1.83. The second kappa shape index (κ2) is 10.1.